The van der Waals surface area contributed by atoms with E-state index in [0.29, 0.717) is 11.3 Å². The lowest BCUT2D eigenvalue weighted by Crippen LogP contribution is -2.21. The molecule has 0 aliphatic rings. The number of hydrogen-bond donors (Lipinski definition) is 1. The maximum atomic E-state index is 13.4. The molecule has 0 aliphatic carbocycles. The van der Waals surface area contributed by atoms with Gasteiger partial charge in [0, 0.05) is 5.69 Å². The fraction of sp³-hybridized carbons (Fsp3) is 0.118. The van der Waals surface area contributed by atoms with Crippen molar-refractivity contribution in [2.24, 2.45) is 0 Å². The normalized spacial score (nSPS) is 9.74. The SMILES string of the molecule is N#Cc1cccc(NC(=O)COC(=O)Cc2ccccc2F)c1. The average molecular weight is 312 g/mol. The number of carbonyl (C=O) groups is 2. The van der Waals surface area contributed by atoms with Crippen LogP contribution in [0.3, 0.4) is 0 Å². The van der Waals surface area contributed by atoms with Gasteiger partial charge in [-0.3, -0.25) is 9.59 Å². The van der Waals surface area contributed by atoms with Crippen molar-refractivity contribution in [2.75, 3.05) is 11.9 Å². The molecule has 0 aromatic heterocycles. The number of anilines is 1. The minimum Gasteiger partial charge on any atom is -0.455 e. The third-order valence-electron chi connectivity index (χ3n) is 2.93. The Bertz CT molecular complexity index is 768. The molecule has 1 amide bonds. The first-order valence-electron chi connectivity index (χ1n) is 6.77. The first-order chi connectivity index (χ1) is 11.1. The number of ether oxygens (including phenoxy) is 1. The summed E-state index contributed by atoms with van der Waals surface area (Å²) in [4.78, 5) is 23.3. The Morgan fingerprint density at radius 2 is 1.96 bits per heavy atom. The first-order valence-corrected chi connectivity index (χ1v) is 6.77. The molecule has 0 saturated heterocycles. The summed E-state index contributed by atoms with van der Waals surface area (Å²) in [5, 5.41) is 11.3. The van der Waals surface area contributed by atoms with Crippen LogP contribution in [0, 0.1) is 17.1 Å². The fourth-order valence-electron chi connectivity index (χ4n) is 1.86. The minimum atomic E-state index is -0.698. The van der Waals surface area contributed by atoms with Crippen LogP contribution in [-0.2, 0) is 20.7 Å². The monoisotopic (exact) mass is 312 g/mol. The van der Waals surface area contributed by atoms with Crippen molar-refractivity contribution in [1.82, 2.24) is 0 Å². The van der Waals surface area contributed by atoms with Crippen LogP contribution in [0.5, 0.6) is 0 Å². The Hall–Kier alpha value is -3.20. The summed E-state index contributed by atoms with van der Waals surface area (Å²) in [6.07, 6.45) is -0.246. The zero-order valence-corrected chi connectivity index (χ0v) is 12.1. The van der Waals surface area contributed by atoms with Gasteiger partial charge in [0.1, 0.15) is 5.82 Å². The zero-order valence-electron chi connectivity index (χ0n) is 12.1. The van der Waals surface area contributed by atoms with Crippen molar-refractivity contribution in [3.8, 4) is 6.07 Å². The summed E-state index contributed by atoms with van der Waals surface area (Å²) in [5.74, 6) is -1.74. The second-order valence-corrected chi connectivity index (χ2v) is 4.67. The molecule has 0 spiro atoms. The van der Waals surface area contributed by atoms with Crippen molar-refractivity contribution in [2.45, 2.75) is 6.42 Å². The van der Waals surface area contributed by atoms with Crippen LogP contribution in [0.2, 0.25) is 0 Å². The van der Waals surface area contributed by atoms with Gasteiger partial charge in [-0.05, 0) is 29.8 Å². The number of rotatable bonds is 5. The highest BCUT2D eigenvalue weighted by molar-refractivity contribution is 5.93. The van der Waals surface area contributed by atoms with E-state index in [9.17, 15) is 14.0 Å². The number of amides is 1. The molecule has 0 bridgehead atoms. The van der Waals surface area contributed by atoms with Crippen molar-refractivity contribution in [1.29, 1.82) is 5.26 Å². The van der Waals surface area contributed by atoms with Crippen LogP contribution in [0.1, 0.15) is 11.1 Å². The highest BCUT2D eigenvalue weighted by Crippen LogP contribution is 2.10. The van der Waals surface area contributed by atoms with E-state index in [2.05, 4.69) is 5.32 Å². The van der Waals surface area contributed by atoms with Gasteiger partial charge in [-0.2, -0.15) is 5.26 Å². The number of carbonyl (C=O) groups excluding carboxylic acids is 2. The van der Waals surface area contributed by atoms with Crippen LogP contribution in [0.15, 0.2) is 48.5 Å². The fourth-order valence-corrected chi connectivity index (χ4v) is 1.86. The molecule has 2 aromatic carbocycles. The van der Waals surface area contributed by atoms with Crippen molar-refractivity contribution in [3.05, 3.63) is 65.5 Å². The predicted molar refractivity (Wildman–Crippen MR) is 80.8 cm³/mol. The molecule has 2 aromatic rings. The molecule has 0 radical (unpaired) electrons. The van der Waals surface area contributed by atoms with Crippen LogP contribution in [-0.4, -0.2) is 18.5 Å². The highest BCUT2D eigenvalue weighted by atomic mass is 19.1. The van der Waals surface area contributed by atoms with Crippen molar-refractivity contribution >= 4 is 17.6 Å². The third kappa shape index (κ3) is 4.93. The van der Waals surface area contributed by atoms with E-state index in [1.165, 1.54) is 24.3 Å². The quantitative estimate of drug-likeness (QED) is 0.860. The number of nitriles is 1. The van der Waals surface area contributed by atoms with Crippen LogP contribution in [0.25, 0.3) is 0 Å². The predicted octanol–water partition coefficient (Wildman–Crippen LogP) is 2.42. The van der Waals surface area contributed by atoms with Crippen LogP contribution >= 0.6 is 0 Å². The average Bonchev–Trinajstić information content (AvgIpc) is 2.55. The minimum absolute atomic E-state index is 0.208. The molecule has 2 rings (SSSR count). The Morgan fingerprint density at radius 1 is 1.17 bits per heavy atom. The number of halogens is 1. The number of nitrogens with one attached hydrogen (secondary N) is 1. The Labute approximate surface area is 132 Å². The van der Waals surface area contributed by atoms with Crippen LogP contribution in [0.4, 0.5) is 10.1 Å². The smallest absolute Gasteiger partial charge is 0.310 e. The summed E-state index contributed by atoms with van der Waals surface area (Å²) in [5.41, 5.74) is 1.04. The Balaban J connectivity index is 1.83. The second kappa shape index (κ2) is 7.71. The summed E-state index contributed by atoms with van der Waals surface area (Å²) in [6.45, 7) is -0.482. The molecule has 6 heteroatoms. The topological polar surface area (TPSA) is 79.2 Å². The van der Waals surface area contributed by atoms with Gasteiger partial charge >= 0.3 is 5.97 Å². The summed E-state index contributed by atoms with van der Waals surface area (Å²) in [6, 6.07) is 14.1. The molecule has 1 N–H and O–H groups in total. The van der Waals surface area contributed by atoms with E-state index >= 15 is 0 Å². The standard InChI is InChI=1S/C17H13FN2O3/c18-15-7-2-1-5-13(15)9-17(22)23-11-16(21)20-14-6-3-4-12(8-14)10-19/h1-8H,9,11H2,(H,20,21). The lowest BCUT2D eigenvalue weighted by molar-refractivity contribution is -0.146. The Kier molecular flexibility index (Phi) is 5.42. The van der Waals surface area contributed by atoms with E-state index in [0.717, 1.165) is 0 Å². The van der Waals surface area contributed by atoms with E-state index in [1.807, 2.05) is 6.07 Å². The summed E-state index contributed by atoms with van der Waals surface area (Å²) < 4.78 is 18.2. The van der Waals surface area contributed by atoms with Gasteiger partial charge in [-0.25, -0.2) is 4.39 Å². The maximum Gasteiger partial charge on any atom is 0.310 e. The van der Waals surface area contributed by atoms with E-state index in [4.69, 9.17) is 10.00 Å². The van der Waals surface area contributed by atoms with Gasteiger partial charge in [0.2, 0.25) is 0 Å². The van der Waals surface area contributed by atoms with Gasteiger partial charge in [0.25, 0.3) is 5.91 Å². The molecule has 0 fully saturated rings. The van der Waals surface area contributed by atoms with Gasteiger partial charge in [-0.15, -0.1) is 0 Å². The first kappa shape index (κ1) is 16.2. The molecule has 0 atom stereocenters. The summed E-state index contributed by atoms with van der Waals surface area (Å²) in [7, 11) is 0. The molecule has 0 unspecified atom stereocenters. The molecule has 116 valence electrons. The zero-order chi connectivity index (χ0) is 16.7. The lowest BCUT2D eigenvalue weighted by Gasteiger charge is -2.07. The van der Waals surface area contributed by atoms with Gasteiger partial charge in [0.15, 0.2) is 6.61 Å². The van der Waals surface area contributed by atoms with E-state index in [1.54, 1.807) is 24.3 Å². The molecular formula is C17H13FN2O3. The molecule has 0 heterocycles. The molecular weight excluding hydrogens is 299 g/mol. The molecule has 0 saturated carbocycles. The van der Waals surface area contributed by atoms with Gasteiger partial charge in [-0.1, -0.05) is 24.3 Å². The van der Waals surface area contributed by atoms with Crippen LogP contribution < -0.4 is 5.32 Å². The number of esters is 1. The molecule has 23 heavy (non-hydrogen) atoms. The Morgan fingerprint density at radius 3 is 2.70 bits per heavy atom. The highest BCUT2D eigenvalue weighted by Gasteiger charge is 2.11. The third-order valence-corrected chi connectivity index (χ3v) is 2.93. The van der Waals surface area contributed by atoms with Gasteiger partial charge in [0.05, 0.1) is 18.1 Å². The van der Waals surface area contributed by atoms with Crippen molar-refractivity contribution in [3.63, 3.8) is 0 Å². The largest absolute Gasteiger partial charge is 0.455 e. The number of nitrogens with zero attached hydrogens (tertiary/aromatic N) is 1. The second-order valence-electron chi connectivity index (χ2n) is 4.67. The summed E-state index contributed by atoms with van der Waals surface area (Å²) >= 11 is 0. The number of hydrogen-bond acceptors (Lipinski definition) is 4. The van der Waals surface area contributed by atoms with Gasteiger partial charge < -0.3 is 10.1 Å². The molecule has 5 nitrogen and oxygen atoms in total. The maximum absolute atomic E-state index is 13.4. The van der Waals surface area contributed by atoms with Crippen molar-refractivity contribution < 1.29 is 18.7 Å². The molecule has 0 aliphatic heterocycles. The van der Waals surface area contributed by atoms with E-state index < -0.39 is 24.3 Å². The number of benzene rings is 2. The van der Waals surface area contributed by atoms with E-state index in [-0.39, 0.29) is 12.0 Å². The lowest BCUT2D eigenvalue weighted by atomic mass is 10.1.